The summed E-state index contributed by atoms with van der Waals surface area (Å²) in [4.78, 5) is 25.0. The lowest BCUT2D eigenvalue weighted by Crippen LogP contribution is -2.60. The first-order chi connectivity index (χ1) is 18.0. The predicted molar refractivity (Wildman–Crippen MR) is 132 cm³/mol. The van der Waals surface area contributed by atoms with Crippen LogP contribution in [0.2, 0.25) is 0 Å². The van der Waals surface area contributed by atoms with E-state index in [1.807, 2.05) is 30.3 Å². The third-order valence-corrected chi connectivity index (χ3v) is 6.66. The molecular weight excluding hydrogens is 500 g/mol. The number of aliphatic hydroxyl groups is 4. The number of carbonyl (C=O) groups is 2. The summed E-state index contributed by atoms with van der Waals surface area (Å²) >= 11 is 0. The van der Waals surface area contributed by atoms with E-state index in [1.54, 1.807) is 0 Å². The van der Waals surface area contributed by atoms with Crippen molar-refractivity contribution in [3.63, 3.8) is 0 Å². The van der Waals surface area contributed by atoms with Crippen molar-refractivity contribution >= 4 is 22.5 Å². The standard InChI is InChI=1S/C27H28O11/c1-12-19(16(29)8-7-13-5-3-2-4-6-13)23(32)20-15(21(12)30)9-14(26(35)36)10-17(20)37-27-25(34)24(33)22(31)18(11-28)38-27/h2-6,9-10,18,22,24-25,27-28,30-34H,7-8,11H2,1H3,(H,35,36)/t18-,22-,24+,25-,27-/m1/s1. The van der Waals surface area contributed by atoms with Gasteiger partial charge < -0.3 is 45.2 Å². The molecule has 1 aliphatic rings. The second-order valence-corrected chi connectivity index (χ2v) is 9.12. The molecule has 0 unspecified atom stereocenters. The number of carboxylic acids is 1. The van der Waals surface area contributed by atoms with Crippen LogP contribution in [0.1, 0.15) is 38.3 Å². The van der Waals surface area contributed by atoms with Crippen molar-refractivity contribution in [2.24, 2.45) is 0 Å². The maximum atomic E-state index is 13.2. The molecule has 11 heteroatoms. The third kappa shape index (κ3) is 5.02. The van der Waals surface area contributed by atoms with E-state index >= 15 is 0 Å². The van der Waals surface area contributed by atoms with E-state index in [2.05, 4.69) is 0 Å². The SMILES string of the molecule is Cc1c(C(=O)CCc2ccccc2)c(O)c2c(O[C@@H]3O[C@H](CO)[C@@H](O)[C@H](O)[C@H]3O)cc(C(=O)O)cc2c1O. The van der Waals surface area contributed by atoms with Crippen LogP contribution in [-0.4, -0.2) is 84.8 Å². The maximum absolute atomic E-state index is 13.2. The Morgan fingerprint density at radius 2 is 1.66 bits per heavy atom. The third-order valence-electron chi connectivity index (χ3n) is 6.66. The van der Waals surface area contributed by atoms with Gasteiger partial charge in [0.05, 0.1) is 23.1 Å². The van der Waals surface area contributed by atoms with Gasteiger partial charge in [0.15, 0.2) is 5.78 Å². The lowest BCUT2D eigenvalue weighted by Gasteiger charge is -2.39. The number of aliphatic hydroxyl groups excluding tert-OH is 4. The number of phenolic OH excluding ortho intramolecular Hbond substituents is 2. The molecule has 3 aromatic carbocycles. The van der Waals surface area contributed by atoms with E-state index in [4.69, 9.17) is 9.47 Å². The van der Waals surface area contributed by atoms with Crippen molar-refractivity contribution in [2.45, 2.75) is 50.5 Å². The van der Waals surface area contributed by atoms with Crippen molar-refractivity contribution in [3.8, 4) is 17.2 Å². The van der Waals surface area contributed by atoms with Crippen molar-refractivity contribution in [3.05, 3.63) is 64.7 Å². The van der Waals surface area contributed by atoms with Crippen LogP contribution in [0.15, 0.2) is 42.5 Å². The van der Waals surface area contributed by atoms with Gasteiger partial charge in [-0.15, -0.1) is 0 Å². The Morgan fingerprint density at radius 3 is 2.29 bits per heavy atom. The molecule has 0 bridgehead atoms. The summed E-state index contributed by atoms with van der Waals surface area (Å²) in [7, 11) is 0. The number of hydrogen-bond acceptors (Lipinski definition) is 10. The predicted octanol–water partition coefficient (Wildman–Crippen LogP) is 1.25. The van der Waals surface area contributed by atoms with Gasteiger partial charge in [-0.2, -0.15) is 0 Å². The van der Waals surface area contributed by atoms with Crippen LogP contribution in [-0.2, 0) is 11.2 Å². The number of aromatic carboxylic acids is 1. The van der Waals surface area contributed by atoms with Gasteiger partial charge in [0, 0.05) is 17.4 Å². The Morgan fingerprint density at radius 1 is 0.974 bits per heavy atom. The molecule has 1 heterocycles. The molecule has 7 N–H and O–H groups in total. The summed E-state index contributed by atoms with van der Waals surface area (Å²) in [5.41, 5.74) is 0.386. The fourth-order valence-corrected chi connectivity index (χ4v) is 4.54. The molecule has 1 aliphatic heterocycles. The lowest BCUT2D eigenvalue weighted by atomic mass is 9.92. The summed E-state index contributed by atoms with van der Waals surface area (Å²) in [6, 6.07) is 11.3. The molecule has 1 fully saturated rings. The highest BCUT2D eigenvalue weighted by molar-refractivity contribution is 6.11. The number of ether oxygens (including phenoxy) is 2. The zero-order valence-corrected chi connectivity index (χ0v) is 20.3. The first kappa shape index (κ1) is 27.3. The van der Waals surface area contributed by atoms with Gasteiger partial charge in [-0.25, -0.2) is 4.79 Å². The van der Waals surface area contributed by atoms with Gasteiger partial charge in [-0.1, -0.05) is 30.3 Å². The normalized spacial score (nSPS) is 23.3. The second kappa shape index (κ2) is 10.9. The topological polar surface area (TPSA) is 194 Å². The molecule has 0 aromatic heterocycles. The number of ketones is 1. The first-order valence-corrected chi connectivity index (χ1v) is 11.8. The first-order valence-electron chi connectivity index (χ1n) is 11.8. The summed E-state index contributed by atoms with van der Waals surface area (Å²) in [5, 5.41) is 71.4. The highest BCUT2D eigenvalue weighted by Gasteiger charge is 2.45. The number of aryl methyl sites for hydroxylation is 1. The molecule has 5 atom stereocenters. The summed E-state index contributed by atoms with van der Waals surface area (Å²) < 4.78 is 11.0. The largest absolute Gasteiger partial charge is 0.507 e. The van der Waals surface area contributed by atoms with E-state index in [9.17, 15) is 45.3 Å². The van der Waals surface area contributed by atoms with Gasteiger partial charge in [0.1, 0.15) is 41.7 Å². The van der Waals surface area contributed by atoms with Crippen molar-refractivity contribution in [2.75, 3.05) is 6.61 Å². The zero-order chi connectivity index (χ0) is 27.7. The Labute approximate surface area is 216 Å². The fourth-order valence-electron chi connectivity index (χ4n) is 4.54. The Kier molecular flexibility index (Phi) is 7.86. The van der Waals surface area contributed by atoms with E-state index in [1.165, 1.54) is 6.92 Å². The average molecular weight is 529 g/mol. The van der Waals surface area contributed by atoms with Crippen LogP contribution in [0.3, 0.4) is 0 Å². The van der Waals surface area contributed by atoms with Crippen LogP contribution in [0, 0.1) is 6.92 Å². The molecular formula is C27H28O11. The van der Waals surface area contributed by atoms with E-state index in [0.29, 0.717) is 6.42 Å². The number of carbonyl (C=O) groups excluding carboxylic acids is 1. The van der Waals surface area contributed by atoms with Crippen molar-refractivity contribution in [1.29, 1.82) is 0 Å². The van der Waals surface area contributed by atoms with Crippen molar-refractivity contribution in [1.82, 2.24) is 0 Å². The average Bonchev–Trinajstić information content (AvgIpc) is 2.91. The number of aromatic hydroxyl groups is 2. The molecule has 0 spiro atoms. The van der Waals surface area contributed by atoms with Crippen LogP contribution in [0.25, 0.3) is 10.8 Å². The number of rotatable bonds is 8. The van der Waals surface area contributed by atoms with E-state index in [0.717, 1.165) is 17.7 Å². The van der Waals surface area contributed by atoms with Crippen LogP contribution >= 0.6 is 0 Å². The second-order valence-electron chi connectivity index (χ2n) is 9.12. The summed E-state index contributed by atoms with van der Waals surface area (Å²) in [6.07, 6.45) is -7.93. The monoisotopic (exact) mass is 528 g/mol. The highest BCUT2D eigenvalue weighted by Crippen LogP contribution is 2.45. The van der Waals surface area contributed by atoms with Gasteiger partial charge >= 0.3 is 5.97 Å². The quantitative estimate of drug-likeness (QED) is 0.164. The molecule has 0 aliphatic carbocycles. The lowest BCUT2D eigenvalue weighted by molar-refractivity contribution is -0.277. The van der Waals surface area contributed by atoms with E-state index in [-0.39, 0.29) is 39.6 Å². The van der Waals surface area contributed by atoms with E-state index < -0.39 is 60.6 Å². The number of hydrogen-bond donors (Lipinski definition) is 7. The number of phenols is 2. The Bertz CT molecular complexity index is 1350. The van der Waals surface area contributed by atoms with Crippen molar-refractivity contribution < 1.29 is 54.8 Å². The molecule has 1 saturated heterocycles. The molecule has 4 rings (SSSR count). The number of carboxylic acid groups (broad SMARTS) is 1. The molecule has 0 amide bonds. The zero-order valence-electron chi connectivity index (χ0n) is 20.3. The minimum atomic E-state index is -1.83. The molecule has 11 nitrogen and oxygen atoms in total. The number of benzene rings is 3. The maximum Gasteiger partial charge on any atom is 0.335 e. The molecule has 3 aromatic rings. The number of fused-ring (bicyclic) bond motifs is 1. The molecule has 0 saturated carbocycles. The highest BCUT2D eigenvalue weighted by atomic mass is 16.7. The minimum Gasteiger partial charge on any atom is -0.507 e. The van der Waals surface area contributed by atoms with Gasteiger partial charge in [0.25, 0.3) is 0 Å². The summed E-state index contributed by atoms with van der Waals surface area (Å²) in [6.45, 7) is 0.682. The van der Waals surface area contributed by atoms with Crippen LogP contribution < -0.4 is 4.74 Å². The van der Waals surface area contributed by atoms with Gasteiger partial charge in [-0.05, 0) is 31.0 Å². The number of Topliss-reactive ketones (excluding diaryl/α,β-unsaturated/α-hetero) is 1. The van der Waals surface area contributed by atoms with Gasteiger partial charge in [0.2, 0.25) is 6.29 Å². The fraction of sp³-hybridized carbons (Fsp3) is 0.333. The summed E-state index contributed by atoms with van der Waals surface area (Å²) in [5.74, 6) is -3.30. The minimum absolute atomic E-state index is 0.000525. The smallest absolute Gasteiger partial charge is 0.335 e. The van der Waals surface area contributed by atoms with Crippen LogP contribution in [0.4, 0.5) is 0 Å². The molecule has 38 heavy (non-hydrogen) atoms. The molecule has 0 radical (unpaired) electrons. The Balaban J connectivity index is 1.81. The molecule has 202 valence electrons. The van der Waals surface area contributed by atoms with Gasteiger partial charge in [-0.3, -0.25) is 4.79 Å². The van der Waals surface area contributed by atoms with Crippen LogP contribution in [0.5, 0.6) is 17.2 Å². The Hall–Kier alpha value is -3.74.